The Bertz CT molecular complexity index is 627. The summed E-state index contributed by atoms with van der Waals surface area (Å²) in [7, 11) is 0. The lowest BCUT2D eigenvalue weighted by atomic mass is 10.1. The Morgan fingerprint density at radius 2 is 2.09 bits per heavy atom. The first-order valence-electron chi connectivity index (χ1n) is 6.93. The number of rotatable bonds is 4. The van der Waals surface area contributed by atoms with E-state index in [1.807, 2.05) is 0 Å². The van der Waals surface area contributed by atoms with E-state index in [2.05, 4.69) is 16.0 Å². The van der Waals surface area contributed by atoms with Crippen LogP contribution in [0.1, 0.15) is 25.3 Å². The number of carbonyl (C=O) groups excluding carboxylic acids is 4. The molecule has 1 saturated heterocycles. The smallest absolute Gasteiger partial charge is 0.249 e. The van der Waals surface area contributed by atoms with Crippen LogP contribution in [-0.4, -0.2) is 29.7 Å². The van der Waals surface area contributed by atoms with Gasteiger partial charge in [0, 0.05) is 19.0 Å². The van der Waals surface area contributed by atoms with Crippen molar-refractivity contribution in [1.29, 1.82) is 0 Å². The summed E-state index contributed by atoms with van der Waals surface area (Å²) < 4.78 is 0. The molecule has 0 aliphatic carbocycles. The summed E-state index contributed by atoms with van der Waals surface area (Å²) >= 11 is 0. The van der Waals surface area contributed by atoms with Gasteiger partial charge in [-0.05, 0) is 24.1 Å². The largest absolute Gasteiger partial charge is 0.344 e. The number of benzene rings is 1. The summed E-state index contributed by atoms with van der Waals surface area (Å²) in [5, 5.41) is 7.44. The van der Waals surface area contributed by atoms with Gasteiger partial charge in [0.05, 0.1) is 6.42 Å². The Morgan fingerprint density at radius 1 is 1.32 bits per heavy atom. The Kier molecular flexibility index (Phi) is 4.88. The van der Waals surface area contributed by atoms with E-state index in [9.17, 15) is 19.2 Å². The third-order valence-corrected chi connectivity index (χ3v) is 3.19. The second-order valence-electron chi connectivity index (χ2n) is 5.13. The van der Waals surface area contributed by atoms with Gasteiger partial charge >= 0.3 is 0 Å². The Labute approximate surface area is 127 Å². The highest BCUT2D eigenvalue weighted by molar-refractivity contribution is 6.01. The van der Waals surface area contributed by atoms with Gasteiger partial charge in [0.15, 0.2) is 0 Å². The van der Waals surface area contributed by atoms with Crippen molar-refractivity contribution in [2.24, 2.45) is 0 Å². The molecule has 0 unspecified atom stereocenters. The maximum absolute atomic E-state index is 12.0. The average molecular weight is 303 g/mol. The number of anilines is 1. The van der Waals surface area contributed by atoms with Gasteiger partial charge in [-0.15, -0.1) is 0 Å². The number of carbonyl (C=O) groups is 4. The Morgan fingerprint density at radius 3 is 2.77 bits per heavy atom. The summed E-state index contributed by atoms with van der Waals surface area (Å²) in [4.78, 5) is 45.6. The summed E-state index contributed by atoms with van der Waals surface area (Å²) in [6, 6.07) is 6.24. The number of nitrogens with one attached hydrogen (secondary N) is 3. The molecule has 1 fully saturated rings. The predicted molar refractivity (Wildman–Crippen MR) is 78.8 cm³/mol. The second kappa shape index (κ2) is 6.84. The molecular formula is C15H17N3O4. The molecule has 4 amide bonds. The molecule has 1 aliphatic heterocycles. The van der Waals surface area contributed by atoms with E-state index in [1.54, 1.807) is 24.3 Å². The Balaban J connectivity index is 1.93. The molecule has 0 aromatic heterocycles. The van der Waals surface area contributed by atoms with Crippen molar-refractivity contribution in [2.45, 2.75) is 32.2 Å². The van der Waals surface area contributed by atoms with Gasteiger partial charge in [0.2, 0.25) is 23.6 Å². The van der Waals surface area contributed by atoms with Crippen molar-refractivity contribution >= 4 is 29.3 Å². The summed E-state index contributed by atoms with van der Waals surface area (Å²) in [6.45, 7) is 1.41. The van der Waals surface area contributed by atoms with Crippen LogP contribution in [0.5, 0.6) is 0 Å². The fourth-order valence-electron chi connectivity index (χ4n) is 2.22. The van der Waals surface area contributed by atoms with Gasteiger partial charge in [-0.1, -0.05) is 12.1 Å². The van der Waals surface area contributed by atoms with Crippen LogP contribution < -0.4 is 16.0 Å². The van der Waals surface area contributed by atoms with Gasteiger partial charge in [-0.2, -0.15) is 0 Å². The lowest BCUT2D eigenvalue weighted by Gasteiger charge is -2.21. The highest BCUT2D eigenvalue weighted by Crippen LogP contribution is 2.12. The van der Waals surface area contributed by atoms with Gasteiger partial charge in [-0.3, -0.25) is 24.5 Å². The Hall–Kier alpha value is -2.70. The average Bonchev–Trinajstić information content (AvgIpc) is 2.41. The molecule has 7 nitrogen and oxygen atoms in total. The van der Waals surface area contributed by atoms with E-state index in [4.69, 9.17) is 0 Å². The molecule has 7 heteroatoms. The highest BCUT2D eigenvalue weighted by atomic mass is 16.2. The van der Waals surface area contributed by atoms with Crippen LogP contribution in [0.4, 0.5) is 5.69 Å². The van der Waals surface area contributed by atoms with Crippen LogP contribution in [-0.2, 0) is 25.6 Å². The molecule has 0 saturated carbocycles. The number of imide groups is 1. The lowest BCUT2D eigenvalue weighted by molar-refractivity contribution is -0.137. The van der Waals surface area contributed by atoms with E-state index < -0.39 is 11.9 Å². The van der Waals surface area contributed by atoms with Crippen LogP contribution in [0.15, 0.2) is 24.3 Å². The molecule has 1 atom stereocenters. The van der Waals surface area contributed by atoms with Gasteiger partial charge in [-0.25, -0.2) is 0 Å². The molecule has 1 aromatic carbocycles. The molecule has 22 heavy (non-hydrogen) atoms. The number of hydrogen-bond donors (Lipinski definition) is 3. The molecule has 2 rings (SSSR count). The van der Waals surface area contributed by atoms with Crippen molar-refractivity contribution < 1.29 is 19.2 Å². The minimum atomic E-state index is -0.677. The molecular weight excluding hydrogens is 286 g/mol. The van der Waals surface area contributed by atoms with Crippen LogP contribution >= 0.6 is 0 Å². The summed E-state index contributed by atoms with van der Waals surface area (Å²) in [5.74, 6) is -1.30. The van der Waals surface area contributed by atoms with E-state index in [0.717, 1.165) is 5.56 Å². The van der Waals surface area contributed by atoms with Crippen molar-refractivity contribution in [1.82, 2.24) is 10.6 Å². The molecule has 0 spiro atoms. The molecule has 0 bridgehead atoms. The van der Waals surface area contributed by atoms with E-state index in [0.29, 0.717) is 12.1 Å². The van der Waals surface area contributed by atoms with Crippen molar-refractivity contribution in [2.75, 3.05) is 5.32 Å². The number of hydrogen-bond acceptors (Lipinski definition) is 4. The molecule has 1 aromatic rings. The van der Waals surface area contributed by atoms with Crippen molar-refractivity contribution in [3.8, 4) is 0 Å². The maximum Gasteiger partial charge on any atom is 0.249 e. The molecule has 1 heterocycles. The first-order chi connectivity index (χ1) is 10.4. The number of piperidine rings is 1. The molecule has 0 radical (unpaired) electrons. The van der Waals surface area contributed by atoms with Gasteiger partial charge in [0.1, 0.15) is 6.04 Å². The topological polar surface area (TPSA) is 104 Å². The second-order valence-corrected chi connectivity index (χ2v) is 5.13. The van der Waals surface area contributed by atoms with Crippen molar-refractivity contribution in [3.63, 3.8) is 0 Å². The fourth-order valence-corrected chi connectivity index (χ4v) is 2.22. The first kappa shape index (κ1) is 15.7. The summed E-state index contributed by atoms with van der Waals surface area (Å²) in [6.07, 6.45) is 0.613. The molecule has 1 aliphatic rings. The highest BCUT2D eigenvalue weighted by Gasteiger charge is 2.27. The van der Waals surface area contributed by atoms with Crippen molar-refractivity contribution in [3.05, 3.63) is 29.8 Å². The quantitative estimate of drug-likeness (QED) is 0.687. The predicted octanol–water partition coefficient (Wildman–Crippen LogP) is 0.109. The van der Waals surface area contributed by atoms with Crippen LogP contribution in [0, 0.1) is 0 Å². The normalized spacial score (nSPS) is 17.6. The number of amides is 4. The molecule has 116 valence electrons. The van der Waals surface area contributed by atoms with Gasteiger partial charge in [0.25, 0.3) is 0 Å². The minimum absolute atomic E-state index is 0.0884. The van der Waals surface area contributed by atoms with E-state index in [1.165, 1.54) is 6.92 Å². The van der Waals surface area contributed by atoms with Gasteiger partial charge < -0.3 is 10.6 Å². The summed E-state index contributed by atoms with van der Waals surface area (Å²) in [5.41, 5.74) is 1.33. The fraction of sp³-hybridized carbons (Fsp3) is 0.333. The zero-order valence-electron chi connectivity index (χ0n) is 12.1. The monoisotopic (exact) mass is 303 g/mol. The van der Waals surface area contributed by atoms with E-state index in [-0.39, 0.29) is 30.6 Å². The third kappa shape index (κ3) is 4.41. The zero-order valence-corrected chi connectivity index (χ0v) is 12.1. The minimum Gasteiger partial charge on any atom is -0.344 e. The standard InChI is InChI=1S/C15H17N3O4/c1-9(19)16-11-4-2-3-10(7-11)8-14(21)17-12-5-6-13(20)18-15(12)22/h2-4,7,12H,5-6,8H2,1H3,(H,16,19)(H,17,21)(H,18,20,22)/t12-/m0/s1. The van der Waals surface area contributed by atoms with E-state index >= 15 is 0 Å². The lowest BCUT2D eigenvalue weighted by Crippen LogP contribution is -2.52. The van der Waals surface area contributed by atoms with Crippen LogP contribution in [0.3, 0.4) is 0 Å². The maximum atomic E-state index is 12.0. The molecule has 3 N–H and O–H groups in total. The third-order valence-electron chi connectivity index (χ3n) is 3.19. The van der Waals surface area contributed by atoms with Crippen LogP contribution in [0.25, 0.3) is 0 Å². The first-order valence-corrected chi connectivity index (χ1v) is 6.93. The van der Waals surface area contributed by atoms with Crippen LogP contribution in [0.2, 0.25) is 0 Å². The SMILES string of the molecule is CC(=O)Nc1cccc(CC(=O)N[C@H]2CCC(=O)NC2=O)c1. The zero-order chi connectivity index (χ0) is 16.1.